The van der Waals surface area contributed by atoms with Gasteiger partial charge < -0.3 is 9.15 Å². The lowest BCUT2D eigenvalue weighted by atomic mass is 10.3. The first-order valence-corrected chi connectivity index (χ1v) is 11.1. The Kier molecular flexibility index (Phi) is 5.38. The molecule has 3 heterocycles. The van der Waals surface area contributed by atoms with Crippen molar-refractivity contribution in [3.8, 4) is 5.75 Å². The van der Waals surface area contributed by atoms with Crippen LogP contribution in [0.5, 0.6) is 5.75 Å². The van der Waals surface area contributed by atoms with Crippen molar-refractivity contribution in [2.75, 3.05) is 16.6 Å². The first-order valence-electron chi connectivity index (χ1n) is 8.82. The van der Waals surface area contributed by atoms with Gasteiger partial charge in [0.05, 0.1) is 28.7 Å². The number of pyridine rings is 1. The summed E-state index contributed by atoms with van der Waals surface area (Å²) in [5.41, 5.74) is 0.989. The highest BCUT2D eigenvalue weighted by Crippen LogP contribution is 2.29. The maximum absolute atomic E-state index is 12.5. The molecule has 0 aliphatic heterocycles. The van der Waals surface area contributed by atoms with E-state index < -0.39 is 15.9 Å². The highest BCUT2D eigenvalue weighted by molar-refractivity contribution is 7.92. The number of carbonyl (C=O) groups is 1. The summed E-state index contributed by atoms with van der Waals surface area (Å²) in [6.07, 6.45) is 2.88. The number of hydrogen-bond donors (Lipinski definition) is 2. The van der Waals surface area contributed by atoms with E-state index in [2.05, 4.69) is 20.0 Å². The van der Waals surface area contributed by atoms with Crippen molar-refractivity contribution in [1.82, 2.24) is 9.97 Å². The molecule has 0 saturated carbocycles. The summed E-state index contributed by atoms with van der Waals surface area (Å²) in [6.45, 7) is 2.44. The number of benzene rings is 1. The third kappa shape index (κ3) is 4.26. The maximum Gasteiger partial charge on any atom is 0.295 e. The van der Waals surface area contributed by atoms with Crippen LogP contribution in [0.1, 0.15) is 17.5 Å². The predicted molar refractivity (Wildman–Crippen MR) is 112 cm³/mol. The van der Waals surface area contributed by atoms with E-state index in [1.165, 1.54) is 35.9 Å². The van der Waals surface area contributed by atoms with Gasteiger partial charge in [-0.05, 0) is 49.4 Å². The van der Waals surface area contributed by atoms with E-state index in [0.717, 1.165) is 4.70 Å². The largest absolute Gasteiger partial charge is 0.494 e. The SMILES string of the molecule is CCOc1ccc2nc(NC(=O)c3ccc(S(=O)(=O)Nc4cccnc4)o3)sc2c1. The zero-order chi connectivity index (χ0) is 21.1. The molecule has 4 rings (SSSR count). The second kappa shape index (κ2) is 8.13. The van der Waals surface area contributed by atoms with E-state index >= 15 is 0 Å². The van der Waals surface area contributed by atoms with Crippen LogP contribution in [-0.2, 0) is 10.0 Å². The highest BCUT2D eigenvalue weighted by atomic mass is 32.2. The monoisotopic (exact) mass is 444 g/mol. The van der Waals surface area contributed by atoms with E-state index in [4.69, 9.17) is 9.15 Å². The normalized spacial score (nSPS) is 11.4. The average Bonchev–Trinajstić information content (AvgIpc) is 3.36. The topological polar surface area (TPSA) is 123 Å². The Morgan fingerprint density at radius 1 is 1.23 bits per heavy atom. The first-order chi connectivity index (χ1) is 14.4. The molecule has 0 radical (unpaired) electrons. The molecular weight excluding hydrogens is 428 g/mol. The number of aromatic nitrogens is 2. The molecule has 4 aromatic rings. The molecule has 3 aromatic heterocycles. The van der Waals surface area contributed by atoms with E-state index in [0.29, 0.717) is 23.0 Å². The van der Waals surface area contributed by atoms with Crippen molar-refractivity contribution < 1.29 is 22.4 Å². The number of rotatable bonds is 7. The van der Waals surface area contributed by atoms with Gasteiger partial charge in [-0.1, -0.05) is 11.3 Å². The minimum Gasteiger partial charge on any atom is -0.494 e. The summed E-state index contributed by atoms with van der Waals surface area (Å²) in [7, 11) is -3.99. The summed E-state index contributed by atoms with van der Waals surface area (Å²) < 4.78 is 38.7. The standard InChI is InChI=1S/C19H16N4O5S2/c1-2-27-13-5-6-14-16(10-13)29-19(21-14)22-18(24)15-7-8-17(28-15)30(25,26)23-12-4-3-9-20-11-12/h3-11,23H,2H2,1H3,(H,21,22,24). The third-order valence-electron chi connectivity index (χ3n) is 3.88. The Morgan fingerprint density at radius 2 is 2.10 bits per heavy atom. The molecule has 0 aliphatic rings. The third-order valence-corrected chi connectivity index (χ3v) is 6.06. The van der Waals surface area contributed by atoms with E-state index in [1.54, 1.807) is 24.3 Å². The second-order valence-electron chi connectivity index (χ2n) is 6.00. The van der Waals surface area contributed by atoms with Crippen LogP contribution in [0.3, 0.4) is 0 Å². The average molecular weight is 444 g/mol. The minimum atomic E-state index is -3.99. The lowest BCUT2D eigenvalue weighted by Crippen LogP contribution is -2.13. The van der Waals surface area contributed by atoms with Gasteiger partial charge in [0, 0.05) is 6.20 Å². The molecule has 154 valence electrons. The van der Waals surface area contributed by atoms with Gasteiger partial charge in [-0.2, -0.15) is 8.42 Å². The Labute approximate surface area is 175 Å². The number of ether oxygens (including phenoxy) is 1. The van der Waals surface area contributed by atoms with Crippen molar-refractivity contribution in [3.05, 3.63) is 60.6 Å². The fourth-order valence-corrected chi connectivity index (χ4v) is 4.46. The van der Waals surface area contributed by atoms with E-state index in [1.807, 2.05) is 13.0 Å². The Bertz CT molecular complexity index is 1300. The number of thiazole rings is 1. The van der Waals surface area contributed by atoms with Crippen LogP contribution in [0.4, 0.5) is 10.8 Å². The number of anilines is 2. The van der Waals surface area contributed by atoms with Gasteiger partial charge in [-0.25, -0.2) is 4.98 Å². The van der Waals surface area contributed by atoms with Gasteiger partial charge in [0.1, 0.15) is 5.75 Å². The lowest BCUT2D eigenvalue weighted by molar-refractivity contribution is 0.0991. The number of fused-ring (bicyclic) bond motifs is 1. The smallest absolute Gasteiger partial charge is 0.295 e. The number of hydrogen-bond acceptors (Lipinski definition) is 8. The van der Waals surface area contributed by atoms with Crippen molar-refractivity contribution in [1.29, 1.82) is 0 Å². The number of sulfonamides is 1. The highest BCUT2D eigenvalue weighted by Gasteiger charge is 2.22. The Balaban J connectivity index is 1.49. The molecule has 0 spiro atoms. The molecule has 0 saturated heterocycles. The first kappa shape index (κ1) is 19.9. The summed E-state index contributed by atoms with van der Waals surface area (Å²) in [5, 5.41) is 2.59. The summed E-state index contributed by atoms with van der Waals surface area (Å²) in [6, 6.07) is 11.1. The molecule has 11 heteroatoms. The van der Waals surface area contributed by atoms with Crippen LogP contribution in [0.2, 0.25) is 0 Å². The molecule has 9 nitrogen and oxygen atoms in total. The summed E-state index contributed by atoms with van der Waals surface area (Å²) >= 11 is 1.27. The molecule has 0 unspecified atom stereocenters. The van der Waals surface area contributed by atoms with E-state index in [-0.39, 0.29) is 16.5 Å². The summed E-state index contributed by atoms with van der Waals surface area (Å²) in [5.74, 6) is -0.0498. The van der Waals surface area contributed by atoms with Crippen molar-refractivity contribution >= 4 is 48.3 Å². The van der Waals surface area contributed by atoms with Crippen LogP contribution in [0, 0.1) is 0 Å². The van der Waals surface area contributed by atoms with Gasteiger partial charge in [0.25, 0.3) is 15.9 Å². The molecule has 0 atom stereocenters. The number of furan rings is 1. The molecule has 0 fully saturated rings. The maximum atomic E-state index is 12.5. The number of amides is 1. The quantitative estimate of drug-likeness (QED) is 0.445. The van der Waals surface area contributed by atoms with Crippen molar-refractivity contribution in [2.45, 2.75) is 12.0 Å². The molecular formula is C19H16N4O5S2. The van der Waals surface area contributed by atoms with Gasteiger partial charge in [-0.15, -0.1) is 0 Å². The van der Waals surface area contributed by atoms with E-state index in [9.17, 15) is 13.2 Å². The zero-order valence-corrected chi connectivity index (χ0v) is 17.3. The van der Waals surface area contributed by atoms with Crippen LogP contribution < -0.4 is 14.8 Å². The number of nitrogens with one attached hydrogen (secondary N) is 2. The fourth-order valence-electron chi connectivity index (χ4n) is 2.59. The van der Waals surface area contributed by atoms with Gasteiger partial charge in [0.2, 0.25) is 5.09 Å². The zero-order valence-electron chi connectivity index (χ0n) is 15.7. The molecule has 30 heavy (non-hydrogen) atoms. The van der Waals surface area contributed by atoms with Gasteiger partial charge >= 0.3 is 0 Å². The van der Waals surface area contributed by atoms with Crippen LogP contribution in [0.25, 0.3) is 10.2 Å². The van der Waals surface area contributed by atoms with Crippen molar-refractivity contribution in [2.24, 2.45) is 0 Å². The van der Waals surface area contributed by atoms with Gasteiger partial charge in [0.15, 0.2) is 10.9 Å². The minimum absolute atomic E-state index is 0.157. The van der Waals surface area contributed by atoms with Crippen LogP contribution in [-0.4, -0.2) is 30.9 Å². The Morgan fingerprint density at radius 3 is 2.87 bits per heavy atom. The molecule has 1 amide bonds. The number of nitrogens with zero attached hydrogens (tertiary/aromatic N) is 2. The lowest BCUT2D eigenvalue weighted by Gasteiger charge is -2.04. The van der Waals surface area contributed by atoms with Crippen LogP contribution in [0.15, 0.2) is 64.4 Å². The van der Waals surface area contributed by atoms with Gasteiger partial charge in [-0.3, -0.25) is 19.8 Å². The fraction of sp³-hybridized carbons (Fsp3) is 0.105. The Hall–Kier alpha value is -3.44. The molecule has 2 N–H and O–H groups in total. The molecule has 0 aliphatic carbocycles. The second-order valence-corrected chi connectivity index (χ2v) is 8.65. The van der Waals surface area contributed by atoms with Crippen molar-refractivity contribution in [3.63, 3.8) is 0 Å². The number of carbonyl (C=O) groups excluding carboxylic acids is 1. The predicted octanol–water partition coefficient (Wildman–Crippen LogP) is 3.74. The summed E-state index contributed by atoms with van der Waals surface area (Å²) in [4.78, 5) is 20.7. The van der Waals surface area contributed by atoms with Crippen LogP contribution >= 0.6 is 11.3 Å². The molecule has 0 bridgehead atoms. The molecule has 1 aromatic carbocycles.